The van der Waals surface area contributed by atoms with Crippen LogP contribution in [-0.4, -0.2) is 26.2 Å². The van der Waals surface area contributed by atoms with Gasteiger partial charge < -0.3 is 4.74 Å². The molecular weight excluding hydrogens is 340 g/mol. The number of nitrogens with one attached hydrogen (secondary N) is 1. The minimum absolute atomic E-state index is 0.0579. The number of aromatic amines is 1. The lowest BCUT2D eigenvalue weighted by atomic mass is 10.1. The van der Waals surface area contributed by atoms with Crippen LogP contribution in [0.25, 0.3) is 16.8 Å². The molecule has 0 bridgehead atoms. The van der Waals surface area contributed by atoms with Crippen LogP contribution >= 0.6 is 0 Å². The van der Waals surface area contributed by atoms with Gasteiger partial charge in [0.2, 0.25) is 0 Å². The highest BCUT2D eigenvalue weighted by Crippen LogP contribution is 2.22. The van der Waals surface area contributed by atoms with Crippen LogP contribution in [0.2, 0.25) is 0 Å². The number of nitrogens with zero attached hydrogens (tertiary/aromatic N) is 3. The van der Waals surface area contributed by atoms with Crippen molar-refractivity contribution in [1.82, 2.24) is 19.6 Å². The van der Waals surface area contributed by atoms with Gasteiger partial charge in [-0.05, 0) is 49.6 Å². The van der Waals surface area contributed by atoms with E-state index in [-0.39, 0.29) is 5.56 Å². The Hall–Kier alpha value is -3.41. The number of hydrogen-bond donors (Lipinski definition) is 1. The van der Waals surface area contributed by atoms with E-state index in [9.17, 15) is 4.79 Å². The molecular formula is C21H20N4O2. The number of fused-ring (bicyclic) bond motifs is 1. The second-order valence-corrected chi connectivity index (χ2v) is 6.33. The Morgan fingerprint density at radius 2 is 1.89 bits per heavy atom. The molecule has 0 saturated heterocycles. The molecule has 0 unspecified atom stereocenters. The molecule has 0 atom stereocenters. The summed E-state index contributed by atoms with van der Waals surface area (Å²) in [4.78, 5) is 21.6. The van der Waals surface area contributed by atoms with E-state index in [0.717, 1.165) is 29.0 Å². The van der Waals surface area contributed by atoms with Crippen molar-refractivity contribution >= 4 is 5.65 Å². The predicted molar refractivity (Wildman–Crippen MR) is 104 cm³/mol. The quantitative estimate of drug-likeness (QED) is 0.535. The number of H-pyrrole nitrogens is 1. The number of ether oxygens (including phenoxy) is 1. The van der Waals surface area contributed by atoms with Gasteiger partial charge in [0.15, 0.2) is 5.65 Å². The summed E-state index contributed by atoms with van der Waals surface area (Å²) in [6.07, 6.45) is 6.63. The van der Waals surface area contributed by atoms with Gasteiger partial charge in [-0.1, -0.05) is 18.2 Å². The molecule has 136 valence electrons. The highest BCUT2D eigenvalue weighted by Gasteiger charge is 2.14. The number of benzene rings is 1. The van der Waals surface area contributed by atoms with Crippen LogP contribution in [0.5, 0.6) is 5.75 Å². The molecule has 1 aromatic carbocycles. The molecule has 1 N–H and O–H groups in total. The smallest absolute Gasteiger partial charge is 0.276 e. The lowest BCUT2D eigenvalue weighted by Crippen LogP contribution is -2.22. The van der Waals surface area contributed by atoms with E-state index in [1.54, 1.807) is 18.6 Å². The van der Waals surface area contributed by atoms with Crippen LogP contribution in [-0.2, 0) is 6.42 Å². The summed E-state index contributed by atoms with van der Waals surface area (Å²) in [5.74, 6) is 0.839. The molecule has 0 radical (unpaired) electrons. The van der Waals surface area contributed by atoms with Gasteiger partial charge in [-0.2, -0.15) is 0 Å². The maximum Gasteiger partial charge on any atom is 0.276 e. The number of pyridine rings is 1. The minimum Gasteiger partial charge on any atom is -0.494 e. The van der Waals surface area contributed by atoms with Crippen molar-refractivity contribution in [3.8, 4) is 16.9 Å². The molecule has 0 amide bonds. The van der Waals surface area contributed by atoms with Crippen LogP contribution < -0.4 is 10.3 Å². The Kier molecular flexibility index (Phi) is 4.70. The summed E-state index contributed by atoms with van der Waals surface area (Å²) in [7, 11) is 0. The van der Waals surface area contributed by atoms with Gasteiger partial charge in [0.1, 0.15) is 5.75 Å². The first kappa shape index (κ1) is 17.0. The molecule has 0 fully saturated rings. The fourth-order valence-electron chi connectivity index (χ4n) is 3.14. The standard InChI is InChI=1S/C21H20N4O2/c1-15-18(8-5-13-27-17-6-3-2-4-7-17)21(26)25-20(24-15)19(14-23-25)16-9-11-22-12-10-16/h2-4,6-7,9-12,14,23H,5,8,13H2,1H3. The largest absolute Gasteiger partial charge is 0.494 e. The fourth-order valence-corrected chi connectivity index (χ4v) is 3.14. The fraction of sp³-hybridized carbons (Fsp3) is 0.190. The highest BCUT2D eigenvalue weighted by atomic mass is 16.5. The van der Waals surface area contributed by atoms with Gasteiger partial charge in [0, 0.05) is 35.4 Å². The van der Waals surface area contributed by atoms with Gasteiger partial charge in [-0.3, -0.25) is 14.9 Å². The predicted octanol–water partition coefficient (Wildman–Crippen LogP) is 3.40. The SMILES string of the molecule is Cc1nc2c(-c3ccncc3)c[nH]n2c(=O)c1CCCOc1ccccc1. The Morgan fingerprint density at radius 3 is 2.67 bits per heavy atom. The first-order chi connectivity index (χ1) is 13.2. The minimum atomic E-state index is -0.0579. The first-order valence-corrected chi connectivity index (χ1v) is 8.92. The molecule has 0 saturated carbocycles. The maximum atomic E-state index is 12.9. The van der Waals surface area contributed by atoms with Crippen molar-refractivity contribution < 1.29 is 4.74 Å². The van der Waals surface area contributed by atoms with Gasteiger partial charge in [-0.15, -0.1) is 0 Å². The topological polar surface area (TPSA) is 72.3 Å². The average molecular weight is 360 g/mol. The molecule has 6 nitrogen and oxygen atoms in total. The lowest BCUT2D eigenvalue weighted by molar-refractivity contribution is 0.310. The van der Waals surface area contributed by atoms with E-state index in [2.05, 4.69) is 15.1 Å². The van der Waals surface area contributed by atoms with Crippen molar-refractivity contribution in [3.05, 3.63) is 82.7 Å². The van der Waals surface area contributed by atoms with E-state index in [1.807, 2.05) is 49.4 Å². The third-order valence-corrected chi connectivity index (χ3v) is 4.54. The van der Waals surface area contributed by atoms with E-state index < -0.39 is 0 Å². The molecule has 4 aromatic rings. The van der Waals surface area contributed by atoms with E-state index in [4.69, 9.17) is 4.74 Å². The number of hydrogen-bond acceptors (Lipinski definition) is 4. The third-order valence-electron chi connectivity index (χ3n) is 4.54. The Balaban J connectivity index is 1.55. The van der Waals surface area contributed by atoms with Crippen LogP contribution in [0.4, 0.5) is 0 Å². The number of para-hydroxylation sites is 1. The molecule has 0 aliphatic heterocycles. The zero-order valence-corrected chi connectivity index (χ0v) is 15.1. The Labute approximate surface area is 156 Å². The normalized spacial score (nSPS) is 11.0. The molecule has 6 heteroatoms. The van der Waals surface area contributed by atoms with Gasteiger partial charge in [0.05, 0.1) is 6.61 Å². The van der Waals surface area contributed by atoms with Crippen LogP contribution in [0.15, 0.2) is 65.8 Å². The van der Waals surface area contributed by atoms with E-state index >= 15 is 0 Å². The molecule has 0 aliphatic carbocycles. The molecule has 3 aromatic heterocycles. The number of aryl methyl sites for hydroxylation is 1. The highest BCUT2D eigenvalue weighted by molar-refractivity contribution is 5.76. The van der Waals surface area contributed by atoms with E-state index in [1.165, 1.54) is 4.52 Å². The van der Waals surface area contributed by atoms with Gasteiger partial charge in [-0.25, -0.2) is 9.50 Å². The molecule has 0 aliphatic rings. The molecule has 27 heavy (non-hydrogen) atoms. The summed E-state index contributed by atoms with van der Waals surface area (Å²) >= 11 is 0. The van der Waals surface area contributed by atoms with Crippen molar-refractivity contribution in [1.29, 1.82) is 0 Å². The summed E-state index contributed by atoms with van der Waals surface area (Å²) in [5.41, 5.74) is 3.91. The Morgan fingerprint density at radius 1 is 1.11 bits per heavy atom. The third kappa shape index (κ3) is 3.46. The van der Waals surface area contributed by atoms with Crippen molar-refractivity contribution in [2.45, 2.75) is 19.8 Å². The van der Waals surface area contributed by atoms with Crippen molar-refractivity contribution in [3.63, 3.8) is 0 Å². The van der Waals surface area contributed by atoms with Gasteiger partial charge >= 0.3 is 0 Å². The lowest BCUT2D eigenvalue weighted by Gasteiger charge is -2.08. The maximum absolute atomic E-state index is 12.9. The molecule has 3 heterocycles. The van der Waals surface area contributed by atoms with E-state index in [0.29, 0.717) is 24.2 Å². The summed E-state index contributed by atoms with van der Waals surface area (Å²) < 4.78 is 7.22. The Bertz CT molecular complexity index is 1100. The zero-order chi connectivity index (χ0) is 18.6. The molecule has 0 spiro atoms. The second-order valence-electron chi connectivity index (χ2n) is 6.33. The zero-order valence-electron chi connectivity index (χ0n) is 15.1. The van der Waals surface area contributed by atoms with Gasteiger partial charge in [0.25, 0.3) is 5.56 Å². The number of aromatic nitrogens is 4. The summed E-state index contributed by atoms with van der Waals surface area (Å²) in [6.45, 7) is 2.44. The summed E-state index contributed by atoms with van der Waals surface area (Å²) in [6, 6.07) is 13.5. The van der Waals surface area contributed by atoms with Crippen LogP contribution in [0.1, 0.15) is 17.7 Å². The first-order valence-electron chi connectivity index (χ1n) is 8.92. The van der Waals surface area contributed by atoms with Crippen LogP contribution in [0.3, 0.4) is 0 Å². The van der Waals surface area contributed by atoms with Crippen molar-refractivity contribution in [2.75, 3.05) is 6.61 Å². The molecule has 4 rings (SSSR count). The average Bonchev–Trinajstić information content (AvgIpc) is 3.12. The second kappa shape index (κ2) is 7.45. The van der Waals surface area contributed by atoms with Crippen molar-refractivity contribution in [2.24, 2.45) is 0 Å². The number of rotatable bonds is 6. The summed E-state index contributed by atoms with van der Waals surface area (Å²) in [5, 5.41) is 3.03. The van der Waals surface area contributed by atoms with Crippen LogP contribution in [0, 0.1) is 6.92 Å². The monoisotopic (exact) mass is 360 g/mol.